The Morgan fingerprint density at radius 3 is 2.20 bits per heavy atom. The summed E-state index contributed by atoms with van der Waals surface area (Å²) < 4.78 is 12.8. The van der Waals surface area contributed by atoms with Crippen molar-refractivity contribution in [1.82, 2.24) is 9.97 Å². The van der Waals surface area contributed by atoms with Crippen LogP contribution in [-0.2, 0) is 0 Å². The molecule has 0 spiro atoms. The van der Waals surface area contributed by atoms with Gasteiger partial charge < -0.3 is 4.98 Å². The smallest absolute Gasteiger partial charge is 0.274 e. The zero-order valence-corrected chi connectivity index (χ0v) is 11.2. The van der Waals surface area contributed by atoms with Crippen molar-refractivity contribution < 1.29 is 4.39 Å². The first-order valence-corrected chi connectivity index (χ1v) is 6.27. The van der Waals surface area contributed by atoms with Crippen LogP contribution in [0.3, 0.4) is 0 Å². The lowest BCUT2D eigenvalue weighted by Gasteiger charge is -1.95. The molecule has 20 heavy (non-hydrogen) atoms. The summed E-state index contributed by atoms with van der Waals surface area (Å²) in [6.07, 6.45) is 3.30. The lowest BCUT2D eigenvalue weighted by atomic mass is 10.2. The number of aromatic nitrogens is 2. The van der Waals surface area contributed by atoms with Crippen LogP contribution in [0, 0.1) is 11.7 Å². The quantitative estimate of drug-likeness (QED) is 0.836. The summed E-state index contributed by atoms with van der Waals surface area (Å²) in [5, 5.41) is 0.594. The maximum absolute atomic E-state index is 12.8. The summed E-state index contributed by atoms with van der Waals surface area (Å²) in [4.78, 5) is 28.5. The lowest BCUT2D eigenvalue weighted by Crippen LogP contribution is -2.47. The summed E-state index contributed by atoms with van der Waals surface area (Å²) >= 11 is 0. The number of hydrogen-bond donors (Lipinski definition) is 2. The van der Waals surface area contributed by atoms with E-state index in [0.29, 0.717) is 10.9 Å². The van der Waals surface area contributed by atoms with E-state index in [2.05, 4.69) is 9.97 Å². The third-order valence-electron chi connectivity index (χ3n) is 2.67. The fraction of sp³-hybridized carbons (Fsp3) is 0.200. The van der Waals surface area contributed by atoms with Crippen LogP contribution in [-0.4, -0.2) is 9.97 Å². The summed E-state index contributed by atoms with van der Waals surface area (Å²) in [7, 11) is 0. The molecular formula is C15H15FN2O2. The molecule has 1 heterocycles. The van der Waals surface area contributed by atoms with Crippen LogP contribution in [0.1, 0.15) is 19.4 Å². The average Bonchev–Trinajstić information content (AvgIpc) is 2.37. The summed E-state index contributed by atoms with van der Waals surface area (Å²) in [6.45, 7) is 3.86. The SMILES string of the molecule is CC(C)/C=c1\[nH]/c(=C\c2ccc(F)cc2)c(=O)[nH]c1=O. The van der Waals surface area contributed by atoms with Crippen molar-refractivity contribution in [1.29, 1.82) is 0 Å². The topological polar surface area (TPSA) is 65.7 Å². The number of halogens is 1. The Labute approximate surface area is 114 Å². The number of hydrogen-bond acceptors (Lipinski definition) is 2. The molecule has 1 aromatic carbocycles. The average molecular weight is 274 g/mol. The van der Waals surface area contributed by atoms with Crippen LogP contribution >= 0.6 is 0 Å². The van der Waals surface area contributed by atoms with Gasteiger partial charge in [0.25, 0.3) is 11.1 Å². The van der Waals surface area contributed by atoms with Gasteiger partial charge in [-0.1, -0.05) is 32.1 Å². The molecule has 104 valence electrons. The maximum atomic E-state index is 12.8. The van der Waals surface area contributed by atoms with Gasteiger partial charge in [-0.2, -0.15) is 0 Å². The largest absolute Gasteiger partial charge is 0.347 e. The van der Waals surface area contributed by atoms with E-state index in [1.54, 1.807) is 24.3 Å². The van der Waals surface area contributed by atoms with Crippen LogP contribution < -0.4 is 21.8 Å². The standard InChI is InChI=1S/C15H15FN2O2/c1-9(2)7-12-14(19)18-15(20)13(17-12)8-10-3-5-11(16)6-4-10/h3-9,17H,1-2H3,(H,18,19,20)/b12-7-,13-8-. The van der Waals surface area contributed by atoms with E-state index >= 15 is 0 Å². The minimum atomic E-state index is -0.500. The van der Waals surface area contributed by atoms with Crippen molar-refractivity contribution in [2.75, 3.05) is 0 Å². The van der Waals surface area contributed by atoms with Gasteiger partial charge in [0.1, 0.15) is 16.5 Å². The highest BCUT2D eigenvalue weighted by Gasteiger charge is 1.97. The van der Waals surface area contributed by atoms with E-state index in [0.717, 1.165) is 0 Å². The van der Waals surface area contributed by atoms with Crippen molar-refractivity contribution in [3.63, 3.8) is 0 Å². The lowest BCUT2D eigenvalue weighted by molar-refractivity contribution is 0.628. The highest BCUT2D eigenvalue weighted by atomic mass is 19.1. The molecule has 0 bridgehead atoms. The number of benzene rings is 1. The van der Waals surface area contributed by atoms with Gasteiger partial charge in [0.15, 0.2) is 0 Å². The van der Waals surface area contributed by atoms with E-state index < -0.39 is 11.1 Å². The summed E-state index contributed by atoms with van der Waals surface area (Å²) in [6, 6.07) is 5.73. The highest BCUT2D eigenvalue weighted by molar-refractivity contribution is 5.47. The Kier molecular flexibility index (Phi) is 3.98. The zero-order chi connectivity index (χ0) is 14.7. The normalized spacial score (nSPS) is 13.2. The second-order valence-electron chi connectivity index (χ2n) is 4.84. The van der Waals surface area contributed by atoms with Gasteiger partial charge in [-0.25, -0.2) is 4.39 Å². The monoisotopic (exact) mass is 274 g/mol. The Hall–Kier alpha value is -2.43. The molecule has 0 amide bonds. The predicted molar refractivity (Wildman–Crippen MR) is 76.2 cm³/mol. The third-order valence-corrected chi connectivity index (χ3v) is 2.67. The van der Waals surface area contributed by atoms with Gasteiger partial charge in [0.05, 0.1) is 0 Å². The van der Waals surface area contributed by atoms with Gasteiger partial charge in [-0.15, -0.1) is 0 Å². The molecule has 0 radical (unpaired) electrons. The van der Waals surface area contributed by atoms with Gasteiger partial charge >= 0.3 is 0 Å². The predicted octanol–water partition coefficient (Wildman–Crippen LogP) is 0.468. The van der Waals surface area contributed by atoms with Gasteiger partial charge in [0.2, 0.25) is 0 Å². The van der Waals surface area contributed by atoms with Crippen LogP contribution in [0.5, 0.6) is 0 Å². The minimum absolute atomic E-state index is 0.170. The summed E-state index contributed by atoms with van der Waals surface area (Å²) in [5.41, 5.74) is -0.275. The molecule has 0 saturated heterocycles. The number of nitrogens with one attached hydrogen (secondary N) is 2. The fourth-order valence-electron chi connectivity index (χ4n) is 1.77. The Balaban J connectivity index is 2.66. The number of rotatable bonds is 2. The summed E-state index contributed by atoms with van der Waals surface area (Å²) in [5.74, 6) is -0.174. The molecule has 2 rings (SSSR count). The molecule has 2 N–H and O–H groups in total. The third kappa shape index (κ3) is 3.32. The molecule has 5 heteroatoms. The van der Waals surface area contributed by atoms with Gasteiger partial charge in [0, 0.05) is 0 Å². The molecule has 0 aliphatic rings. The van der Waals surface area contributed by atoms with Crippen LogP contribution in [0.15, 0.2) is 33.9 Å². The first-order chi connectivity index (χ1) is 9.45. The van der Waals surface area contributed by atoms with Crippen molar-refractivity contribution in [3.8, 4) is 0 Å². The van der Waals surface area contributed by atoms with E-state index in [1.165, 1.54) is 12.1 Å². The molecular weight excluding hydrogens is 259 g/mol. The van der Waals surface area contributed by atoms with Crippen LogP contribution in [0.25, 0.3) is 12.2 Å². The minimum Gasteiger partial charge on any atom is -0.347 e. The van der Waals surface area contributed by atoms with Crippen molar-refractivity contribution in [3.05, 3.63) is 67.1 Å². The Morgan fingerprint density at radius 1 is 1.00 bits per heavy atom. The molecule has 0 unspecified atom stereocenters. The van der Waals surface area contributed by atoms with Gasteiger partial charge in [-0.3, -0.25) is 14.6 Å². The molecule has 0 atom stereocenters. The second kappa shape index (κ2) is 5.69. The molecule has 0 aliphatic carbocycles. The van der Waals surface area contributed by atoms with E-state index in [-0.39, 0.29) is 17.1 Å². The van der Waals surface area contributed by atoms with Crippen LogP contribution in [0.2, 0.25) is 0 Å². The van der Waals surface area contributed by atoms with Crippen molar-refractivity contribution in [2.45, 2.75) is 13.8 Å². The molecule has 4 nitrogen and oxygen atoms in total. The first-order valence-electron chi connectivity index (χ1n) is 6.27. The van der Waals surface area contributed by atoms with Crippen molar-refractivity contribution in [2.24, 2.45) is 5.92 Å². The molecule has 0 aliphatic heterocycles. The van der Waals surface area contributed by atoms with Crippen LogP contribution in [0.4, 0.5) is 4.39 Å². The molecule has 0 saturated carbocycles. The molecule has 1 aromatic heterocycles. The second-order valence-corrected chi connectivity index (χ2v) is 4.84. The fourth-order valence-corrected chi connectivity index (χ4v) is 1.77. The Morgan fingerprint density at radius 2 is 1.60 bits per heavy atom. The van der Waals surface area contributed by atoms with E-state index in [1.807, 2.05) is 13.8 Å². The Bertz CT molecular complexity index is 830. The first kappa shape index (κ1) is 14.0. The van der Waals surface area contributed by atoms with E-state index in [4.69, 9.17) is 0 Å². The van der Waals surface area contributed by atoms with Gasteiger partial charge in [-0.05, 0) is 29.7 Å². The zero-order valence-electron chi connectivity index (χ0n) is 11.2. The number of aromatic amines is 2. The van der Waals surface area contributed by atoms with E-state index in [9.17, 15) is 14.0 Å². The van der Waals surface area contributed by atoms with Crippen molar-refractivity contribution >= 4 is 12.2 Å². The number of H-pyrrole nitrogens is 2. The molecule has 2 aromatic rings. The highest BCUT2D eigenvalue weighted by Crippen LogP contribution is 2.02. The molecule has 0 fully saturated rings. The maximum Gasteiger partial charge on any atom is 0.274 e.